The Hall–Kier alpha value is -0.610. The summed E-state index contributed by atoms with van der Waals surface area (Å²) in [5, 5.41) is 20.0. The highest BCUT2D eigenvalue weighted by molar-refractivity contribution is 7.71. The van der Waals surface area contributed by atoms with Crippen LogP contribution in [0.2, 0.25) is 0 Å². The topological polar surface area (TPSA) is 247 Å². The fourth-order valence-corrected chi connectivity index (χ4v) is 5.37. The summed E-state index contributed by atoms with van der Waals surface area (Å²) < 4.78 is 51.0. The zero-order valence-electron chi connectivity index (χ0n) is 13.8. The third-order valence-electron chi connectivity index (χ3n) is 3.28. The molecule has 0 saturated carbocycles. The smallest absolute Gasteiger partial charge is 0.387 e. The Bertz CT molecular complexity index is 1000. The predicted octanol–water partition coefficient (Wildman–Crippen LogP) is -1.13. The summed E-state index contributed by atoms with van der Waals surface area (Å²) in [5.41, 5.74) is -0.790. The van der Waals surface area contributed by atoms with Crippen LogP contribution in [0.1, 0.15) is 6.23 Å². The number of aliphatic hydroxyl groups excluding tert-OH is 2. The van der Waals surface area contributed by atoms with Crippen molar-refractivity contribution in [2.75, 3.05) is 6.61 Å². The molecule has 1 aromatic rings. The molecular weight excluding hydrogens is 485 g/mol. The summed E-state index contributed by atoms with van der Waals surface area (Å²) in [4.78, 5) is 49.4. The number of aromatic amines is 1. The molecular formula is C9H15N2O14P3S. The molecule has 3 unspecified atom stereocenters. The highest BCUT2D eigenvalue weighted by atomic mass is 32.1. The fourth-order valence-electron chi connectivity index (χ4n) is 2.20. The van der Waals surface area contributed by atoms with Crippen LogP contribution in [0.3, 0.4) is 0 Å². The normalized spacial score (nSPS) is 29.3. The van der Waals surface area contributed by atoms with Crippen LogP contribution in [0.4, 0.5) is 0 Å². The summed E-state index contributed by atoms with van der Waals surface area (Å²) >= 11 is 4.75. The second-order valence-electron chi connectivity index (χ2n) is 5.45. The molecule has 0 amide bonds. The van der Waals surface area contributed by atoms with Gasteiger partial charge in [-0.25, -0.2) is 18.5 Å². The van der Waals surface area contributed by atoms with E-state index in [2.05, 4.69) is 18.1 Å². The first-order valence-electron chi connectivity index (χ1n) is 7.22. The molecule has 2 rings (SSSR count). The Morgan fingerprint density at radius 2 is 1.72 bits per heavy atom. The number of H-pyrrole nitrogens is 1. The average Bonchev–Trinajstić information content (AvgIpc) is 2.78. The van der Waals surface area contributed by atoms with Gasteiger partial charge in [-0.3, -0.25) is 14.1 Å². The molecule has 2 heterocycles. The van der Waals surface area contributed by atoms with Gasteiger partial charge < -0.3 is 34.5 Å². The molecule has 0 radical (unpaired) electrons. The first kappa shape index (κ1) is 24.7. The van der Waals surface area contributed by atoms with Crippen LogP contribution in [-0.4, -0.2) is 64.3 Å². The summed E-state index contributed by atoms with van der Waals surface area (Å²) in [5.74, 6) is 0. The molecule has 7 N–H and O–H groups in total. The predicted molar refractivity (Wildman–Crippen MR) is 91.6 cm³/mol. The van der Waals surface area contributed by atoms with Crippen molar-refractivity contribution in [3.8, 4) is 0 Å². The quantitative estimate of drug-likeness (QED) is 0.165. The number of nitrogens with one attached hydrogen (secondary N) is 1. The third-order valence-corrected chi connectivity index (χ3v) is 7.32. The fraction of sp³-hybridized carbons (Fsp3) is 0.556. The van der Waals surface area contributed by atoms with Crippen molar-refractivity contribution >= 4 is 35.7 Å². The average molecular weight is 500 g/mol. The molecule has 1 aromatic heterocycles. The van der Waals surface area contributed by atoms with Gasteiger partial charge in [0, 0.05) is 6.20 Å². The van der Waals surface area contributed by atoms with Crippen LogP contribution in [0, 0.1) is 4.64 Å². The van der Waals surface area contributed by atoms with Crippen molar-refractivity contribution < 1.29 is 61.4 Å². The van der Waals surface area contributed by atoms with E-state index in [4.69, 9.17) is 31.6 Å². The maximum atomic E-state index is 11.9. The Labute approximate surface area is 165 Å². The van der Waals surface area contributed by atoms with E-state index in [-0.39, 0.29) is 4.64 Å². The maximum absolute atomic E-state index is 11.9. The second-order valence-corrected chi connectivity index (χ2v) is 10.3. The van der Waals surface area contributed by atoms with E-state index in [1.165, 1.54) is 6.07 Å². The van der Waals surface area contributed by atoms with Gasteiger partial charge in [-0.2, -0.15) is 8.62 Å². The molecule has 1 fully saturated rings. The summed E-state index contributed by atoms with van der Waals surface area (Å²) in [6, 6.07) is 1.29. The lowest BCUT2D eigenvalue weighted by atomic mass is 10.1. The van der Waals surface area contributed by atoms with Gasteiger partial charge in [0.1, 0.15) is 23.0 Å². The van der Waals surface area contributed by atoms with Crippen molar-refractivity contribution in [3.63, 3.8) is 0 Å². The molecule has 0 aliphatic carbocycles. The molecule has 1 saturated heterocycles. The van der Waals surface area contributed by atoms with E-state index in [1.807, 2.05) is 0 Å². The van der Waals surface area contributed by atoms with Crippen molar-refractivity contribution in [2.24, 2.45) is 0 Å². The van der Waals surface area contributed by atoms with Crippen molar-refractivity contribution in [3.05, 3.63) is 27.4 Å². The van der Waals surface area contributed by atoms with Gasteiger partial charge in [-0.1, -0.05) is 12.2 Å². The van der Waals surface area contributed by atoms with Gasteiger partial charge in [0.15, 0.2) is 6.23 Å². The largest absolute Gasteiger partial charge is 0.490 e. The Balaban J connectivity index is 2.06. The monoisotopic (exact) mass is 500 g/mol. The minimum atomic E-state index is -5.71. The summed E-state index contributed by atoms with van der Waals surface area (Å²) in [6.07, 6.45) is -5.23. The highest BCUT2D eigenvalue weighted by Gasteiger charge is 2.46. The molecule has 0 bridgehead atoms. The minimum absolute atomic E-state index is 0.0866. The Morgan fingerprint density at radius 1 is 1.10 bits per heavy atom. The van der Waals surface area contributed by atoms with E-state index >= 15 is 0 Å². The standard InChI is InChI=1S/C9H15N2O14P3S/c12-6-4(3-22-27(18,19)25-28(20,21)24-26(15,16)17)23-8(7(6)13)11-2-1-5(29)10-9(11)14/h1-2,4,6-8,12-13H,3H2,(H,18,19)(H,20,21)(H,10,14,29)(H2,15,16,17)/t4-,6?,7+,8-/m1/s1. The number of aliphatic hydroxyl groups is 2. The van der Waals surface area contributed by atoms with Gasteiger partial charge in [-0.05, 0) is 6.07 Å². The summed E-state index contributed by atoms with van der Waals surface area (Å²) in [7, 11) is -16.7. The van der Waals surface area contributed by atoms with Gasteiger partial charge >= 0.3 is 29.2 Å². The lowest BCUT2D eigenvalue weighted by Gasteiger charge is -2.19. The van der Waals surface area contributed by atoms with Crippen LogP contribution in [0.15, 0.2) is 17.1 Å². The highest BCUT2D eigenvalue weighted by Crippen LogP contribution is 2.66. The Morgan fingerprint density at radius 3 is 2.28 bits per heavy atom. The van der Waals surface area contributed by atoms with Crippen LogP contribution in [-0.2, 0) is 31.6 Å². The maximum Gasteiger partial charge on any atom is 0.490 e. The van der Waals surface area contributed by atoms with Crippen LogP contribution in [0.5, 0.6) is 0 Å². The minimum Gasteiger partial charge on any atom is -0.387 e. The molecule has 6 atom stereocenters. The first-order chi connectivity index (χ1) is 13.1. The van der Waals surface area contributed by atoms with Gasteiger partial charge in [0.25, 0.3) is 0 Å². The number of ether oxygens (including phenoxy) is 1. The van der Waals surface area contributed by atoms with Crippen molar-refractivity contribution in [1.29, 1.82) is 0 Å². The SMILES string of the molecule is O=c1[nH]c(=S)ccn1[C@@H]1O[C@H](COP(=O)(O)OP(=O)(O)OP(=O)(O)O)C(O)[C@@H]1O. The number of aromatic nitrogens is 2. The molecule has 0 spiro atoms. The Kier molecular flexibility index (Phi) is 7.54. The van der Waals surface area contributed by atoms with Crippen LogP contribution in [0.25, 0.3) is 0 Å². The molecule has 1 aliphatic rings. The number of phosphoric ester groups is 1. The first-order valence-corrected chi connectivity index (χ1v) is 12.1. The van der Waals surface area contributed by atoms with Crippen molar-refractivity contribution in [1.82, 2.24) is 9.55 Å². The van der Waals surface area contributed by atoms with E-state index in [0.717, 1.165) is 10.8 Å². The molecule has 29 heavy (non-hydrogen) atoms. The van der Waals surface area contributed by atoms with E-state index in [1.54, 1.807) is 0 Å². The second kappa shape index (κ2) is 8.86. The zero-order valence-corrected chi connectivity index (χ0v) is 17.3. The number of nitrogens with zero attached hydrogens (tertiary/aromatic N) is 1. The molecule has 1 aliphatic heterocycles. The van der Waals surface area contributed by atoms with Crippen LogP contribution < -0.4 is 5.69 Å². The van der Waals surface area contributed by atoms with E-state index in [9.17, 15) is 33.6 Å². The van der Waals surface area contributed by atoms with E-state index in [0.29, 0.717) is 0 Å². The molecule has 20 heteroatoms. The lowest BCUT2D eigenvalue weighted by molar-refractivity contribution is -0.0542. The number of rotatable bonds is 8. The molecule has 16 nitrogen and oxygen atoms in total. The zero-order chi connectivity index (χ0) is 22.2. The van der Waals surface area contributed by atoms with Gasteiger partial charge in [-0.15, -0.1) is 0 Å². The number of phosphoric acid groups is 3. The van der Waals surface area contributed by atoms with E-state index < -0.39 is 60.3 Å². The van der Waals surface area contributed by atoms with Gasteiger partial charge in [0.05, 0.1) is 6.61 Å². The third kappa shape index (κ3) is 6.95. The van der Waals surface area contributed by atoms with Crippen molar-refractivity contribution in [2.45, 2.75) is 24.5 Å². The van der Waals surface area contributed by atoms with Crippen LogP contribution >= 0.6 is 35.7 Å². The van der Waals surface area contributed by atoms with Gasteiger partial charge in [0.2, 0.25) is 0 Å². The summed E-state index contributed by atoms with van der Waals surface area (Å²) in [6.45, 7) is -1.00. The molecule has 166 valence electrons. The number of hydrogen-bond acceptors (Lipinski definition) is 11. The lowest BCUT2D eigenvalue weighted by Crippen LogP contribution is -2.36. The number of hydrogen-bond donors (Lipinski definition) is 7. The molecule has 0 aromatic carbocycles.